The first-order valence-corrected chi connectivity index (χ1v) is 4.04. The molecule has 0 saturated carbocycles. The fraction of sp³-hybridized carbons (Fsp3) is 0.571. The zero-order valence-electron chi connectivity index (χ0n) is 5.81. The predicted molar refractivity (Wildman–Crippen MR) is 44.5 cm³/mol. The van der Waals surface area contributed by atoms with Crippen LogP contribution in [0.5, 0.6) is 0 Å². The highest BCUT2D eigenvalue weighted by Crippen LogP contribution is 2.03. The number of alkyl halides is 2. The van der Waals surface area contributed by atoms with Gasteiger partial charge in [0.25, 0.3) is 0 Å². The maximum atomic E-state index is 10.7. The maximum absolute atomic E-state index is 10.7. The lowest BCUT2D eigenvalue weighted by Gasteiger charge is -1.90. The van der Waals surface area contributed by atoms with E-state index >= 15 is 0 Å². The van der Waals surface area contributed by atoms with Crippen LogP contribution in [-0.2, 0) is 4.79 Å². The van der Waals surface area contributed by atoms with Crippen molar-refractivity contribution in [2.24, 2.45) is 0 Å². The van der Waals surface area contributed by atoms with Gasteiger partial charge in [-0.1, -0.05) is 42.6 Å². The molecule has 58 valence electrons. The van der Waals surface area contributed by atoms with Gasteiger partial charge in [0.05, 0.1) is 0 Å². The molecule has 0 amide bonds. The Labute approximate surface area is 71.0 Å². The van der Waals surface area contributed by atoms with Crippen molar-refractivity contribution in [1.82, 2.24) is 0 Å². The lowest BCUT2D eigenvalue weighted by atomic mass is 10.3. The van der Waals surface area contributed by atoms with Crippen LogP contribution >= 0.6 is 23.2 Å². The Morgan fingerprint density at radius 2 is 2.20 bits per heavy atom. The van der Waals surface area contributed by atoms with E-state index in [0.717, 1.165) is 12.8 Å². The second kappa shape index (κ2) is 5.75. The predicted octanol–water partition coefficient (Wildman–Crippen LogP) is 2.72. The van der Waals surface area contributed by atoms with Crippen LogP contribution in [0.15, 0.2) is 12.2 Å². The molecule has 0 aromatic carbocycles. The van der Waals surface area contributed by atoms with E-state index in [-0.39, 0.29) is 5.78 Å². The van der Waals surface area contributed by atoms with E-state index in [1.165, 1.54) is 6.08 Å². The SMILES string of the molecule is CCC/C=C/C(=O)C(Cl)Cl. The van der Waals surface area contributed by atoms with Crippen LogP contribution in [0.1, 0.15) is 19.8 Å². The van der Waals surface area contributed by atoms with Crippen LogP contribution in [0.3, 0.4) is 0 Å². The van der Waals surface area contributed by atoms with Crippen LogP contribution < -0.4 is 0 Å². The van der Waals surface area contributed by atoms with E-state index in [0.29, 0.717) is 0 Å². The monoisotopic (exact) mass is 180 g/mol. The average molecular weight is 181 g/mol. The van der Waals surface area contributed by atoms with Crippen molar-refractivity contribution in [3.05, 3.63) is 12.2 Å². The summed E-state index contributed by atoms with van der Waals surface area (Å²) in [6, 6.07) is 0. The Bertz CT molecular complexity index is 130. The summed E-state index contributed by atoms with van der Waals surface area (Å²) in [6.07, 6.45) is 5.12. The minimum atomic E-state index is -0.909. The van der Waals surface area contributed by atoms with Gasteiger partial charge in [0.1, 0.15) is 0 Å². The largest absolute Gasteiger partial charge is 0.292 e. The summed E-state index contributed by atoms with van der Waals surface area (Å²) in [5.74, 6) is -0.239. The molecule has 0 bridgehead atoms. The molecule has 0 aromatic heterocycles. The Morgan fingerprint density at radius 3 is 2.60 bits per heavy atom. The summed E-state index contributed by atoms with van der Waals surface area (Å²) in [5.41, 5.74) is 0. The highest BCUT2D eigenvalue weighted by Gasteiger charge is 2.05. The van der Waals surface area contributed by atoms with Crippen molar-refractivity contribution in [3.63, 3.8) is 0 Å². The van der Waals surface area contributed by atoms with Gasteiger partial charge in [-0.25, -0.2) is 0 Å². The number of carbonyl (C=O) groups is 1. The topological polar surface area (TPSA) is 17.1 Å². The van der Waals surface area contributed by atoms with E-state index in [9.17, 15) is 4.79 Å². The second-order valence-electron chi connectivity index (χ2n) is 1.89. The van der Waals surface area contributed by atoms with Crippen molar-refractivity contribution in [3.8, 4) is 0 Å². The Hall–Kier alpha value is -0.0100. The Balaban J connectivity index is 3.56. The quantitative estimate of drug-likeness (QED) is 0.481. The van der Waals surface area contributed by atoms with Crippen LogP contribution in [0.25, 0.3) is 0 Å². The number of halogens is 2. The summed E-state index contributed by atoms with van der Waals surface area (Å²) in [6.45, 7) is 2.04. The molecule has 0 heterocycles. The molecule has 0 spiro atoms. The van der Waals surface area contributed by atoms with Crippen LogP contribution in [0.4, 0.5) is 0 Å². The molecule has 10 heavy (non-hydrogen) atoms. The standard InChI is InChI=1S/C7H10Cl2O/c1-2-3-4-5-6(10)7(8)9/h4-5,7H,2-3H2,1H3/b5-4+. The summed E-state index contributed by atoms with van der Waals surface area (Å²) in [5, 5.41) is 0. The number of carbonyl (C=O) groups excluding carboxylic acids is 1. The summed E-state index contributed by atoms with van der Waals surface area (Å²) in [7, 11) is 0. The molecule has 0 aromatic rings. The van der Waals surface area contributed by atoms with Gasteiger partial charge in [-0.3, -0.25) is 4.79 Å². The van der Waals surface area contributed by atoms with Gasteiger partial charge in [0.15, 0.2) is 10.6 Å². The van der Waals surface area contributed by atoms with E-state index in [4.69, 9.17) is 23.2 Å². The molecule has 0 aliphatic carbocycles. The van der Waals surface area contributed by atoms with E-state index in [2.05, 4.69) is 0 Å². The molecular formula is C7H10Cl2O. The van der Waals surface area contributed by atoms with Crippen LogP contribution in [0.2, 0.25) is 0 Å². The third-order valence-corrected chi connectivity index (χ3v) is 1.38. The van der Waals surface area contributed by atoms with Gasteiger partial charge >= 0.3 is 0 Å². The van der Waals surface area contributed by atoms with Gasteiger partial charge in [0.2, 0.25) is 0 Å². The third-order valence-electron chi connectivity index (χ3n) is 0.953. The van der Waals surface area contributed by atoms with Gasteiger partial charge < -0.3 is 0 Å². The van der Waals surface area contributed by atoms with Crippen molar-refractivity contribution in [1.29, 1.82) is 0 Å². The molecule has 0 aliphatic heterocycles. The fourth-order valence-electron chi connectivity index (χ4n) is 0.439. The van der Waals surface area contributed by atoms with Gasteiger partial charge in [-0.05, 0) is 12.5 Å². The molecule has 3 heteroatoms. The first-order chi connectivity index (χ1) is 4.68. The molecule has 0 fully saturated rings. The minimum Gasteiger partial charge on any atom is -0.292 e. The van der Waals surface area contributed by atoms with Crippen LogP contribution in [-0.4, -0.2) is 10.6 Å². The molecule has 1 nitrogen and oxygen atoms in total. The molecule has 0 atom stereocenters. The number of allylic oxidation sites excluding steroid dienone is 2. The molecule has 0 rings (SSSR count). The summed E-state index contributed by atoms with van der Waals surface area (Å²) < 4.78 is 0. The van der Waals surface area contributed by atoms with Gasteiger partial charge in [-0.2, -0.15) is 0 Å². The number of ketones is 1. The molecular weight excluding hydrogens is 171 g/mol. The third kappa shape index (κ3) is 4.83. The van der Waals surface area contributed by atoms with E-state index in [1.54, 1.807) is 6.08 Å². The highest BCUT2D eigenvalue weighted by molar-refractivity contribution is 6.54. The zero-order chi connectivity index (χ0) is 7.98. The minimum absolute atomic E-state index is 0.239. The maximum Gasteiger partial charge on any atom is 0.188 e. The molecule has 0 radical (unpaired) electrons. The molecule has 0 saturated heterocycles. The second-order valence-corrected chi connectivity index (χ2v) is 2.99. The lowest BCUT2D eigenvalue weighted by molar-refractivity contribution is -0.113. The summed E-state index contributed by atoms with van der Waals surface area (Å²) >= 11 is 10.5. The summed E-state index contributed by atoms with van der Waals surface area (Å²) in [4.78, 5) is 9.76. The molecule has 0 aliphatic rings. The van der Waals surface area contributed by atoms with Crippen molar-refractivity contribution in [2.75, 3.05) is 0 Å². The number of rotatable bonds is 4. The number of hydrogen-bond acceptors (Lipinski definition) is 1. The number of unbranched alkanes of at least 4 members (excludes halogenated alkanes) is 1. The lowest BCUT2D eigenvalue weighted by Crippen LogP contribution is -2.02. The van der Waals surface area contributed by atoms with Crippen molar-refractivity contribution in [2.45, 2.75) is 24.6 Å². The smallest absolute Gasteiger partial charge is 0.188 e. The first-order valence-electron chi connectivity index (χ1n) is 3.17. The Kier molecular flexibility index (Phi) is 5.74. The van der Waals surface area contributed by atoms with Crippen molar-refractivity contribution < 1.29 is 4.79 Å². The zero-order valence-corrected chi connectivity index (χ0v) is 7.32. The van der Waals surface area contributed by atoms with Gasteiger partial charge in [0, 0.05) is 0 Å². The van der Waals surface area contributed by atoms with Crippen molar-refractivity contribution >= 4 is 29.0 Å². The normalized spacial score (nSPS) is 11.2. The average Bonchev–Trinajstić information content (AvgIpc) is 1.88. The fourth-order valence-corrected chi connectivity index (χ4v) is 0.584. The first kappa shape index (κ1) is 9.99. The number of hydrogen-bond donors (Lipinski definition) is 0. The van der Waals surface area contributed by atoms with Crippen LogP contribution in [0, 0.1) is 0 Å². The van der Waals surface area contributed by atoms with E-state index in [1.807, 2.05) is 6.92 Å². The molecule has 0 N–H and O–H groups in total. The Morgan fingerprint density at radius 1 is 1.60 bits per heavy atom. The van der Waals surface area contributed by atoms with Gasteiger partial charge in [-0.15, -0.1) is 0 Å². The van der Waals surface area contributed by atoms with E-state index < -0.39 is 4.84 Å². The molecule has 0 unspecified atom stereocenters. The highest BCUT2D eigenvalue weighted by atomic mass is 35.5.